The zero-order chi connectivity index (χ0) is 12.6. The number of rotatable bonds is 0. The van der Waals surface area contributed by atoms with Crippen LogP contribution in [0.2, 0.25) is 0 Å². The van der Waals surface area contributed by atoms with Gasteiger partial charge < -0.3 is 29.2 Å². The highest BCUT2D eigenvalue weighted by molar-refractivity contribution is 4.89. The molecule has 2 N–H and O–H groups in total. The van der Waals surface area contributed by atoms with E-state index in [2.05, 4.69) is 0 Å². The lowest BCUT2D eigenvalue weighted by atomic mass is 9.87. The molecule has 2 heterocycles. The van der Waals surface area contributed by atoms with E-state index in [9.17, 15) is 10.2 Å². The summed E-state index contributed by atoms with van der Waals surface area (Å²) in [6, 6.07) is 0. The van der Waals surface area contributed by atoms with Crippen molar-refractivity contribution in [1.29, 1.82) is 0 Å². The minimum Gasteiger partial charge on any atom is -0.388 e. The van der Waals surface area contributed by atoms with Gasteiger partial charge in [-0.2, -0.15) is 0 Å². The second kappa shape index (κ2) is 4.70. The predicted octanol–water partition coefficient (Wildman–Crippen LogP) is -0.232. The van der Waals surface area contributed by atoms with Gasteiger partial charge in [-0.3, -0.25) is 0 Å². The molecule has 1 aliphatic carbocycles. The van der Waals surface area contributed by atoms with E-state index in [0.717, 1.165) is 0 Å². The van der Waals surface area contributed by atoms with Crippen molar-refractivity contribution in [2.45, 2.75) is 49.5 Å². The summed E-state index contributed by atoms with van der Waals surface area (Å²) in [5.74, 6) is -1.15. The van der Waals surface area contributed by atoms with Gasteiger partial charge in [-0.1, -0.05) is 0 Å². The van der Waals surface area contributed by atoms with Crippen LogP contribution in [0.4, 0.5) is 0 Å². The summed E-state index contributed by atoms with van der Waals surface area (Å²) in [7, 11) is 0. The van der Waals surface area contributed by atoms with E-state index in [1.54, 1.807) is 0 Å². The van der Waals surface area contributed by atoms with Crippen LogP contribution in [-0.2, 0) is 18.9 Å². The van der Waals surface area contributed by atoms with Crippen molar-refractivity contribution < 1.29 is 29.2 Å². The van der Waals surface area contributed by atoms with Crippen LogP contribution in [0.3, 0.4) is 0 Å². The van der Waals surface area contributed by atoms with E-state index in [1.165, 1.54) is 0 Å². The van der Waals surface area contributed by atoms with Crippen LogP contribution >= 0.6 is 0 Å². The fourth-order valence-electron chi connectivity index (χ4n) is 2.76. The Morgan fingerprint density at radius 1 is 0.611 bits per heavy atom. The van der Waals surface area contributed by atoms with Gasteiger partial charge >= 0.3 is 0 Å². The number of hydrogen-bond acceptors (Lipinski definition) is 6. The highest BCUT2D eigenvalue weighted by atomic mass is 16.7. The molecule has 2 aliphatic heterocycles. The summed E-state index contributed by atoms with van der Waals surface area (Å²) >= 11 is 0. The summed E-state index contributed by atoms with van der Waals surface area (Å²) in [6.07, 6.45) is 1.71. The predicted molar refractivity (Wildman–Crippen MR) is 59.8 cm³/mol. The Bertz CT molecular complexity index is 249. The van der Waals surface area contributed by atoms with Crippen molar-refractivity contribution >= 4 is 0 Å². The van der Waals surface area contributed by atoms with Gasteiger partial charge in [0.05, 0.1) is 26.4 Å². The number of ether oxygens (including phenoxy) is 4. The molecule has 3 aliphatic rings. The average molecular weight is 260 g/mol. The molecule has 0 bridgehead atoms. The van der Waals surface area contributed by atoms with Crippen molar-refractivity contribution in [2.24, 2.45) is 0 Å². The lowest BCUT2D eigenvalue weighted by Crippen LogP contribution is -2.55. The highest BCUT2D eigenvalue weighted by Gasteiger charge is 2.49. The van der Waals surface area contributed by atoms with Crippen LogP contribution in [0.15, 0.2) is 0 Å². The molecule has 104 valence electrons. The molecule has 0 unspecified atom stereocenters. The Hall–Kier alpha value is -0.240. The molecule has 0 radical (unpaired) electrons. The maximum Gasteiger partial charge on any atom is 0.168 e. The molecule has 0 aromatic heterocycles. The highest BCUT2D eigenvalue weighted by Crippen LogP contribution is 2.43. The first kappa shape index (κ1) is 12.8. The maximum absolute atomic E-state index is 9.37. The smallest absolute Gasteiger partial charge is 0.168 e. The zero-order valence-electron chi connectivity index (χ0n) is 10.3. The van der Waals surface area contributed by atoms with Crippen LogP contribution in [0.5, 0.6) is 0 Å². The molecule has 18 heavy (non-hydrogen) atoms. The first-order chi connectivity index (χ1) is 8.62. The van der Waals surface area contributed by atoms with Crippen LogP contribution in [0.1, 0.15) is 25.7 Å². The lowest BCUT2D eigenvalue weighted by molar-refractivity contribution is -0.357. The Morgan fingerprint density at radius 3 is 1.17 bits per heavy atom. The van der Waals surface area contributed by atoms with Gasteiger partial charge in [-0.05, 0) is 0 Å². The van der Waals surface area contributed by atoms with Crippen LogP contribution in [0.25, 0.3) is 0 Å². The van der Waals surface area contributed by atoms with Gasteiger partial charge in [-0.15, -0.1) is 0 Å². The second-order valence-corrected chi connectivity index (χ2v) is 5.37. The van der Waals surface area contributed by atoms with Crippen LogP contribution in [-0.4, -0.2) is 60.4 Å². The Morgan fingerprint density at radius 2 is 0.889 bits per heavy atom. The molecule has 1 saturated carbocycles. The summed E-state index contributed by atoms with van der Waals surface area (Å²) < 4.78 is 22.6. The number of aliphatic hydroxyl groups is 2. The SMILES string of the molecule is OC1COC2(CCC3(CC2)OCC(O)CO3)OC1. The third kappa shape index (κ3) is 2.41. The monoisotopic (exact) mass is 260 g/mol. The minimum absolute atomic E-state index is 0.327. The maximum atomic E-state index is 9.37. The molecule has 0 aromatic carbocycles. The lowest BCUT2D eigenvalue weighted by Gasteiger charge is -2.48. The van der Waals surface area contributed by atoms with E-state index < -0.39 is 23.8 Å². The summed E-state index contributed by atoms with van der Waals surface area (Å²) in [4.78, 5) is 0. The van der Waals surface area contributed by atoms with E-state index in [0.29, 0.717) is 52.1 Å². The van der Waals surface area contributed by atoms with E-state index >= 15 is 0 Å². The van der Waals surface area contributed by atoms with Gasteiger partial charge in [0, 0.05) is 25.7 Å². The molecule has 0 aromatic rings. The third-order valence-electron chi connectivity index (χ3n) is 3.93. The van der Waals surface area contributed by atoms with Gasteiger partial charge in [0.1, 0.15) is 12.2 Å². The normalized spacial score (nSPS) is 49.7. The molecule has 0 amide bonds. The molecule has 2 spiro atoms. The van der Waals surface area contributed by atoms with Crippen molar-refractivity contribution in [3.63, 3.8) is 0 Å². The quantitative estimate of drug-likeness (QED) is 0.626. The van der Waals surface area contributed by atoms with Crippen molar-refractivity contribution in [1.82, 2.24) is 0 Å². The first-order valence-electron chi connectivity index (χ1n) is 6.53. The molecule has 6 heteroatoms. The largest absolute Gasteiger partial charge is 0.388 e. The van der Waals surface area contributed by atoms with Crippen molar-refractivity contribution in [3.05, 3.63) is 0 Å². The Balaban J connectivity index is 1.57. The zero-order valence-corrected chi connectivity index (χ0v) is 10.3. The summed E-state index contributed by atoms with van der Waals surface area (Å²) in [5, 5.41) is 18.7. The molecular weight excluding hydrogens is 240 g/mol. The van der Waals surface area contributed by atoms with Gasteiger partial charge in [0.15, 0.2) is 11.6 Å². The Labute approximate surface area is 106 Å². The van der Waals surface area contributed by atoms with Gasteiger partial charge in [0.25, 0.3) is 0 Å². The second-order valence-electron chi connectivity index (χ2n) is 5.37. The molecule has 0 atom stereocenters. The third-order valence-corrected chi connectivity index (χ3v) is 3.93. The number of aliphatic hydroxyl groups excluding tert-OH is 2. The molecule has 3 rings (SSSR count). The fourth-order valence-corrected chi connectivity index (χ4v) is 2.76. The molecular formula is C12H20O6. The van der Waals surface area contributed by atoms with Crippen LogP contribution in [0, 0.1) is 0 Å². The topological polar surface area (TPSA) is 77.4 Å². The van der Waals surface area contributed by atoms with E-state index in [1.807, 2.05) is 0 Å². The first-order valence-corrected chi connectivity index (χ1v) is 6.53. The summed E-state index contributed by atoms with van der Waals surface area (Å²) in [5.41, 5.74) is 0. The van der Waals surface area contributed by atoms with Crippen molar-refractivity contribution in [3.8, 4) is 0 Å². The minimum atomic E-state index is -0.576. The molecule has 6 nitrogen and oxygen atoms in total. The number of hydrogen-bond donors (Lipinski definition) is 2. The van der Waals surface area contributed by atoms with Gasteiger partial charge in [0.2, 0.25) is 0 Å². The van der Waals surface area contributed by atoms with Crippen LogP contribution < -0.4 is 0 Å². The summed E-state index contributed by atoms with van der Waals surface area (Å²) in [6.45, 7) is 1.31. The standard InChI is InChI=1S/C12H20O6/c13-9-5-15-11(16-6-9)1-2-12(4-3-11)17-7-10(14)8-18-12/h9-10,13-14H,1-8H2. The Kier molecular flexibility index (Phi) is 3.34. The molecule has 2 saturated heterocycles. The van der Waals surface area contributed by atoms with Crippen molar-refractivity contribution in [2.75, 3.05) is 26.4 Å². The van der Waals surface area contributed by atoms with E-state index in [4.69, 9.17) is 18.9 Å². The van der Waals surface area contributed by atoms with E-state index in [-0.39, 0.29) is 0 Å². The average Bonchev–Trinajstić information content (AvgIpc) is 2.41. The fraction of sp³-hybridized carbons (Fsp3) is 1.00. The molecule has 3 fully saturated rings. The van der Waals surface area contributed by atoms with Gasteiger partial charge in [-0.25, -0.2) is 0 Å².